The Morgan fingerprint density at radius 1 is 1.00 bits per heavy atom. The van der Waals surface area contributed by atoms with Gasteiger partial charge in [-0.15, -0.1) is 5.10 Å². The Kier molecular flexibility index (Phi) is 3.12. The first kappa shape index (κ1) is 12.3. The van der Waals surface area contributed by atoms with Gasteiger partial charge in [-0.05, 0) is 26.0 Å². The van der Waals surface area contributed by atoms with E-state index in [2.05, 4.69) is 25.4 Å². The van der Waals surface area contributed by atoms with Gasteiger partial charge in [0.2, 0.25) is 5.95 Å². The lowest BCUT2D eigenvalue weighted by molar-refractivity contribution is 0.836. The van der Waals surface area contributed by atoms with E-state index in [0.29, 0.717) is 11.8 Å². The van der Waals surface area contributed by atoms with Crippen LogP contribution in [0, 0.1) is 13.8 Å². The summed E-state index contributed by atoms with van der Waals surface area (Å²) >= 11 is 0. The zero-order valence-electron chi connectivity index (χ0n) is 11.3. The first-order valence-electron chi connectivity index (χ1n) is 6.25. The predicted octanol–water partition coefficient (Wildman–Crippen LogP) is 2.42. The third-order valence-electron chi connectivity index (χ3n) is 2.82. The molecular weight excluding hydrogens is 252 g/mol. The zero-order valence-corrected chi connectivity index (χ0v) is 11.3. The molecule has 0 bridgehead atoms. The van der Waals surface area contributed by atoms with Gasteiger partial charge in [0.05, 0.1) is 0 Å². The highest BCUT2D eigenvalue weighted by Gasteiger charge is 2.04. The van der Waals surface area contributed by atoms with Crippen LogP contribution in [0.3, 0.4) is 0 Å². The Labute approximate surface area is 116 Å². The van der Waals surface area contributed by atoms with Crippen LogP contribution in [0.2, 0.25) is 0 Å². The number of aryl methyl sites for hydroxylation is 2. The largest absolute Gasteiger partial charge is 0.323 e. The quantitative estimate of drug-likeness (QED) is 0.788. The van der Waals surface area contributed by atoms with E-state index in [0.717, 1.165) is 11.4 Å². The van der Waals surface area contributed by atoms with Crippen LogP contribution in [-0.2, 0) is 0 Å². The summed E-state index contributed by atoms with van der Waals surface area (Å²) in [5, 5.41) is 7.49. The summed E-state index contributed by atoms with van der Waals surface area (Å²) in [7, 11) is 0. The molecule has 0 atom stereocenters. The van der Waals surface area contributed by atoms with E-state index < -0.39 is 0 Å². The topological polar surface area (TPSA) is 68.5 Å². The van der Waals surface area contributed by atoms with Gasteiger partial charge < -0.3 is 5.32 Å². The van der Waals surface area contributed by atoms with Crippen LogP contribution in [0.1, 0.15) is 11.3 Å². The number of hydrogen-bond acceptors (Lipinski definition) is 5. The van der Waals surface area contributed by atoms with E-state index >= 15 is 0 Å². The Bertz CT molecular complexity index is 717. The molecule has 0 aliphatic heterocycles. The van der Waals surface area contributed by atoms with Crippen LogP contribution in [-0.4, -0.2) is 24.7 Å². The Balaban J connectivity index is 1.82. The average Bonchev–Trinajstić information content (AvgIpc) is 2.90. The minimum Gasteiger partial charge on any atom is -0.323 e. The molecule has 0 unspecified atom stereocenters. The molecule has 0 aliphatic carbocycles. The van der Waals surface area contributed by atoms with Gasteiger partial charge >= 0.3 is 0 Å². The van der Waals surface area contributed by atoms with Gasteiger partial charge in [-0.25, -0.2) is 14.6 Å². The van der Waals surface area contributed by atoms with Gasteiger partial charge in [0, 0.05) is 17.4 Å². The van der Waals surface area contributed by atoms with Crippen molar-refractivity contribution in [2.45, 2.75) is 13.8 Å². The highest BCUT2D eigenvalue weighted by Crippen LogP contribution is 2.14. The first-order valence-corrected chi connectivity index (χ1v) is 6.25. The fourth-order valence-electron chi connectivity index (χ4n) is 1.76. The van der Waals surface area contributed by atoms with Crippen molar-refractivity contribution in [3.05, 3.63) is 54.2 Å². The van der Waals surface area contributed by atoms with E-state index in [4.69, 9.17) is 0 Å². The molecule has 1 N–H and O–H groups in total. The van der Waals surface area contributed by atoms with Crippen LogP contribution < -0.4 is 5.32 Å². The van der Waals surface area contributed by atoms with E-state index in [1.54, 1.807) is 11.0 Å². The first-order chi connectivity index (χ1) is 9.70. The standard InChI is InChI=1S/C14H14N6/c1-10-3-5-12(6-4-10)18-14-17-9-20(19-14)13-7-11(2)15-8-16-13/h3-9H,1-2H3,(H,18,19). The lowest BCUT2D eigenvalue weighted by Crippen LogP contribution is -2.00. The molecule has 0 fully saturated rings. The van der Waals surface area contributed by atoms with Crippen molar-refractivity contribution in [1.29, 1.82) is 0 Å². The second-order valence-corrected chi connectivity index (χ2v) is 4.52. The fourth-order valence-corrected chi connectivity index (χ4v) is 1.76. The number of hydrogen-bond donors (Lipinski definition) is 1. The van der Waals surface area contributed by atoms with Gasteiger partial charge in [-0.3, -0.25) is 0 Å². The van der Waals surface area contributed by atoms with Crippen molar-refractivity contribution in [2.75, 3.05) is 5.32 Å². The minimum atomic E-state index is 0.533. The van der Waals surface area contributed by atoms with Crippen molar-refractivity contribution in [3.63, 3.8) is 0 Å². The Morgan fingerprint density at radius 2 is 1.80 bits per heavy atom. The van der Waals surface area contributed by atoms with Crippen LogP contribution in [0.4, 0.5) is 11.6 Å². The molecule has 2 heterocycles. The van der Waals surface area contributed by atoms with Gasteiger partial charge in [0.25, 0.3) is 0 Å². The molecular formula is C14H14N6. The summed E-state index contributed by atoms with van der Waals surface area (Å²) in [6, 6.07) is 9.90. The van der Waals surface area contributed by atoms with Crippen molar-refractivity contribution in [2.24, 2.45) is 0 Å². The van der Waals surface area contributed by atoms with E-state index in [1.165, 1.54) is 11.9 Å². The number of aromatic nitrogens is 5. The summed E-state index contributed by atoms with van der Waals surface area (Å²) in [6.45, 7) is 3.96. The fraction of sp³-hybridized carbons (Fsp3) is 0.143. The van der Waals surface area contributed by atoms with Crippen LogP contribution in [0.5, 0.6) is 0 Å². The Hall–Kier alpha value is -2.76. The number of nitrogens with zero attached hydrogens (tertiary/aromatic N) is 5. The second-order valence-electron chi connectivity index (χ2n) is 4.52. The van der Waals surface area contributed by atoms with Gasteiger partial charge in [-0.2, -0.15) is 4.98 Å². The van der Waals surface area contributed by atoms with Gasteiger partial charge in [0.1, 0.15) is 12.7 Å². The highest BCUT2D eigenvalue weighted by molar-refractivity contribution is 5.53. The van der Waals surface area contributed by atoms with E-state index in [-0.39, 0.29) is 0 Å². The lowest BCUT2D eigenvalue weighted by Gasteiger charge is -2.02. The van der Waals surface area contributed by atoms with E-state index in [9.17, 15) is 0 Å². The molecule has 0 radical (unpaired) electrons. The summed E-state index contributed by atoms with van der Waals surface area (Å²) in [4.78, 5) is 12.4. The molecule has 100 valence electrons. The number of rotatable bonds is 3. The molecule has 0 saturated heterocycles. The van der Waals surface area contributed by atoms with Crippen LogP contribution in [0.25, 0.3) is 5.82 Å². The molecule has 0 saturated carbocycles. The SMILES string of the molecule is Cc1ccc(Nc2ncn(-c3cc(C)ncn3)n2)cc1. The summed E-state index contributed by atoms with van der Waals surface area (Å²) in [6.07, 6.45) is 3.14. The summed E-state index contributed by atoms with van der Waals surface area (Å²) in [5.74, 6) is 1.23. The third kappa shape index (κ3) is 2.64. The zero-order chi connectivity index (χ0) is 13.9. The molecule has 1 aromatic carbocycles. The maximum Gasteiger partial charge on any atom is 0.247 e. The van der Waals surface area contributed by atoms with Gasteiger partial charge in [0.15, 0.2) is 5.82 Å². The van der Waals surface area contributed by atoms with Crippen molar-refractivity contribution < 1.29 is 0 Å². The molecule has 3 aromatic rings. The molecule has 0 spiro atoms. The van der Waals surface area contributed by atoms with Crippen LogP contribution in [0.15, 0.2) is 43.0 Å². The van der Waals surface area contributed by atoms with Crippen molar-refractivity contribution in [1.82, 2.24) is 24.7 Å². The smallest absolute Gasteiger partial charge is 0.247 e. The summed E-state index contributed by atoms with van der Waals surface area (Å²) in [5.41, 5.74) is 3.05. The van der Waals surface area contributed by atoms with Gasteiger partial charge in [-0.1, -0.05) is 17.7 Å². The molecule has 2 aromatic heterocycles. The molecule has 0 amide bonds. The maximum atomic E-state index is 4.34. The van der Waals surface area contributed by atoms with Crippen LogP contribution >= 0.6 is 0 Å². The number of nitrogens with one attached hydrogen (secondary N) is 1. The number of anilines is 2. The lowest BCUT2D eigenvalue weighted by atomic mass is 10.2. The molecule has 0 aliphatic rings. The monoisotopic (exact) mass is 266 g/mol. The minimum absolute atomic E-state index is 0.533. The second kappa shape index (κ2) is 5.08. The van der Waals surface area contributed by atoms with Crippen molar-refractivity contribution >= 4 is 11.6 Å². The van der Waals surface area contributed by atoms with E-state index in [1.807, 2.05) is 44.2 Å². The normalized spacial score (nSPS) is 10.5. The molecule has 6 nitrogen and oxygen atoms in total. The average molecular weight is 266 g/mol. The molecule has 3 rings (SSSR count). The summed E-state index contributed by atoms with van der Waals surface area (Å²) < 4.78 is 1.62. The Morgan fingerprint density at radius 3 is 2.55 bits per heavy atom. The predicted molar refractivity (Wildman–Crippen MR) is 76.1 cm³/mol. The molecule has 20 heavy (non-hydrogen) atoms. The molecule has 6 heteroatoms. The number of benzene rings is 1. The third-order valence-corrected chi connectivity index (χ3v) is 2.82. The maximum absolute atomic E-state index is 4.34. The van der Waals surface area contributed by atoms with Crippen molar-refractivity contribution in [3.8, 4) is 5.82 Å². The highest BCUT2D eigenvalue weighted by atomic mass is 15.4.